The third-order valence-electron chi connectivity index (χ3n) is 7.41. The van der Waals surface area contributed by atoms with Crippen LogP contribution < -0.4 is 0 Å². The molecular formula is C24H32N4O2. The first-order chi connectivity index (χ1) is 14.6. The molecule has 0 bridgehead atoms. The quantitative estimate of drug-likeness (QED) is 0.781. The van der Waals surface area contributed by atoms with Crippen molar-refractivity contribution in [2.24, 2.45) is 24.8 Å². The standard InChI is InChI=1S/C24H32N4O2/c1-17-5-3-4-6-21(17)23-22-16-27(15-20-7-10-25-26(20)2)13-19(22)14-28(23)24(29)18-8-11-30-12-9-18/h3-7,10,18-19,22-23H,8-9,11-16H2,1-2H3/t19-,22-,23+/m0/s1. The first-order valence-corrected chi connectivity index (χ1v) is 11.2. The molecule has 2 aromatic rings. The van der Waals surface area contributed by atoms with E-state index in [1.54, 1.807) is 0 Å². The molecule has 0 radical (unpaired) electrons. The molecule has 0 spiro atoms. The molecule has 3 atom stereocenters. The second-order valence-electron chi connectivity index (χ2n) is 9.24. The van der Waals surface area contributed by atoms with Gasteiger partial charge in [-0.15, -0.1) is 0 Å². The number of fused-ring (bicyclic) bond motifs is 1. The summed E-state index contributed by atoms with van der Waals surface area (Å²) < 4.78 is 7.47. The number of likely N-dealkylation sites (tertiary alicyclic amines) is 2. The van der Waals surface area contributed by atoms with Crippen molar-refractivity contribution in [3.8, 4) is 0 Å². The number of rotatable bonds is 4. The maximum absolute atomic E-state index is 13.6. The molecule has 1 aromatic carbocycles. The zero-order valence-electron chi connectivity index (χ0n) is 18.0. The highest BCUT2D eigenvalue weighted by Crippen LogP contribution is 2.47. The molecule has 1 amide bonds. The largest absolute Gasteiger partial charge is 0.381 e. The fraction of sp³-hybridized carbons (Fsp3) is 0.583. The fourth-order valence-corrected chi connectivity index (χ4v) is 5.77. The Bertz CT molecular complexity index is 904. The minimum Gasteiger partial charge on any atom is -0.381 e. The molecule has 0 saturated carbocycles. The van der Waals surface area contributed by atoms with Gasteiger partial charge in [0.2, 0.25) is 5.91 Å². The average molecular weight is 409 g/mol. The zero-order valence-corrected chi connectivity index (χ0v) is 18.0. The molecule has 5 rings (SSSR count). The second kappa shape index (κ2) is 8.16. The summed E-state index contributed by atoms with van der Waals surface area (Å²) in [6.07, 6.45) is 3.59. The van der Waals surface area contributed by atoms with E-state index in [0.717, 1.165) is 39.0 Å². The average Bonchev–Trinajstić information content (AvgIpc) is 3.44. The van der Waals surface area contributed by atoms with Crippen LogP contribution in [-0.2, 0) is 23.1 Å². The van der Waals surface area contributed by atoms with Crippen molar-refractivity contribution < 1.29 is 9.53 Å². The van der Waals surface area contributed by atoms with Gasteiger partial charge in [-0.2, -0.15) is 5.10 Å². The van der Waals surface area contributed by atoms with Crippen LogP contribution in [0.2, 0.25) is 0 Å². The number of aromatic nitrogens is 2. The predicted molar refractivity (Wildman–Crippen MR) is 115 cm³/mol. The summed E-state index contributed by atoms with van der Waals surface area (Å²) in [6.45, 7) is 7.50. The Morgan fingerprint density at radius 2 is 1.93 bits per heavy atom. The summed E-state index contributed by atoms with van der Waals surface area (Å²) >= 11 is 0. The highest BCUT2D eigenvalue weighted by atomic mass is 16.5. The lowest BCUT2D eigenvalue weighted by molar-refractivity contribution is -0.140. The van der Waals surface area contributed by atoms with E-state index in [2.05, 4.69) is 52.2 Å². The van der Waals surface area contributed by atoms with Gasteiger partial charge in [-0.05, 0) is 42.9 Å². The van der Waals surface area contributed by atoms with Crippen LogP contribution >= 0.6 is 0 Å². The van der Waals surface area contributed by atoms with Crippen LogP contribution in [0.5, 0.6) is 0 Å². The fourth-order valence-electron chi connectivity index (χ4n) is 5.77. The number of ether oxygens (including phenoxy) is 1. The Balaban J connectivity index is 1.40. The summed E-state index contributed by atoms with van der Waals surface area (Å²) in [7, 11) is 2.01. The third kappa shape index (κ3) is 3.56. The van der Waals surface area contributed by atoms with E-state index in [9.17, 15) is 4.79 Å². The molecule has 3 aliphatic heterocycles. The van der Waals surface area contributed by atoms with Gasteiger partial charge in [0.1, 0.15) is 0 Å². The van der Waals surface area contributed by atoms with Crippen molar-refractivity contribution in [3.05, 3.63) is 53.3 Å². The molecule has 4 heterocycles. The maximum atomic E-state index is 13.6. The van der Waals surface area contributed by atoms with E-state index in [1.807, 2.05) is 17.9 Å². The molecule has 0 aliphatic carbocycles. The van der Waals surface area contributed by atoms with Crippen molar-refractivity contribution in [2.45, 2.75) is 32.4 Å². The number of hydrogen-bond acceptors (Lipinski definition) is 4. The molecule has 30 heavy (non-hydrogen) atoms. The number of aryl methyl sites for hydroxylation is 2. The minimum atomic E-state index is 0.120. The van der Waals surface area contributed by atoms with Crippen molar-refractivity contribution in [1.29, 1.82) is 0 Å². The van der Waals surface area contributed by atoms with Crippen molar-refractivity contribution in [2.75, 3.05) is 32.8 Å². The monoisotopic (exact) mass is 408 g/mol. The van der Waals surface area contributed by atoms with Crippen molar-refractivity contribution in [1.82, 2.24) is 19.6 Å². The molecular weight excluding hydrogens is 376 g/mol. The van der Waals surface area contributed by atoms with Gasteiger partial charge in [0.25, 0.3) is 0 Å². The number of carbonyl (C=O) groups excluding carboxylic acids is 1. The summed E-state index contributed by atoms with van der Waals surface area (Å²) in [5, 5.41) is 4.32. The molecule has 1 aromatic heterocycles. The van der Waals surface area contributed by atoms with Gasteiger partial charge in [0.15, 0.2) is 0 Å². The molecule has 0 unspecified atom stereocenters. The molecule has 6 heteroatoms. The molecule has 3 aliphatic rings. The number of carbonyl (C=O) groups is 1. The first kappa shape index (κ1) is 19.8. The predicted octanol–water partition coefficient (Wildman–Crippen LogP) is 2.79. The summed E-state index contributed by atoms with van der Waals surface area (Å²) in [5.41, 5.74) is 3.86. The van der Waals surface area contributed by atoms with E-state index < -0.39 is 0 Å². The number of nitrogens with zero attached hydrogens (tertiary/aromatic N) is 4. The molecule has 0 N–H and O–H groups in total. The Morgan fingerprint density at radius 1 is 1.13 bits per heavy atom. The van der Waals surface area contributed by atoms with Crippen molar-refractivity contribution >= 4 is 5.91 Å². The number of amides is 1. The Hall–Kier alpha value is -2.18. The minimum absolute atomic E-state index is 0.120. The van der Waals surface area contributed by atoms with Gasteiger partial charge in [0.05, 0.1) is 11.7 Å². The van der Waals surface area contributed by atoms with Gasteiger partial charge >= 0.3 is 0 Å². The van der Waals surface area contributed by atoms with Crippen LogP contribution in [0.15, 0.2) is 36.5 Å². The Labute approximate surface area is 178 Å². The van der Waals surface area contributed by atoms with Gasteiger partial charge in [0, 0.05) is 64.5 Å². The highest BCUT2D eigenvalue weighted by molar-refractivity contribution is 5.80. The lowest BCUT2D eigenvalue weighted by Crippen LogP contribution is -2.41. The Kier molecular flexibility index (Phi) is 5.37. The highest BCUT2D eigenvalue weighted by Gasteiger charge is 2.50. The van der Waals surface area contributed by atoms with Crippen LogP contribution in [0.3, 0.4) is 0 Å². The molecule has 3 fully saturated rings. The summed E-state index contributed by atoms with van der Waals surface area (Å²) in [6, 6.07) is 10.9. The number of hydrogen-bond donors (Lipinski definition) is 0. The van der Waals surface area contributed by atoms with Crippen molar-refractivity contribution in [3.63, 3.8) is 0 Å². The topological polar surface area (TPSA) is 50.6 Å². The van der Waals surface area contributed by atoms with Crippen LogP contribution in [0.4, 0.5) is 0 Å². The van der Waals surface area contributed by atoms with Gasteiger partial charge in [-0.3, -0.25) is 14.4 Å². The summed E-state index contributed by atoms with van der Waals surface area (Å²) in [5.74, 6) is 1.49. The maximum Gasteiger partial charge on any atom is 0.226 e. The smallest absolute Gasteiger partial charge is 0.226 e. The number of benzene rings is 1. The summed E-state index contributed by atoms with van der Waals surface area (Å²) in [4.78, 5) is 18.3. The lowest BCUT2D eigenvalue weighted by atomic mass is 9.87. The molecule has 6 nitrogen and oxygen atoms in total. The van der Waals surface area contributed by atoms with E-state index in [-0.39, 0.29) is 12.0 Å². The van der Waals surface area contributed by atoms with E-state index in [1.165, 1.54) is 16.8 Å². The van der Waals surface area contributed by atoms with Gasteiger partial charge in [-0.25, -0.2) is 0 Å². The van der Waals surface area contributed by atoms with E-state index in [4.69, 9.17) is 4.74 Å². The normalized spacial score (nSPS) is 27.5. The van der Waals surface area contributed by atoms with Gasteiger partial charge < -0.3 is 9.64 Å². The lowest BCUT2D eigenvalue weighted by Gasteiger charge is -2.34. The van der Waals surface area contributed by atoms with E-state index >= 15 is 0 Å². The molecule has 3 saturated heterocycles. The van der Waals surface area contributed by atoms with Crippen LogP contribution in [0, 0.1) is 24.7 Å². The van der Waals surface area contributed by atoms with Crippen LogP contribution in [0.1, 0.15) is 35.7 Å². The SMILES string of the molecule is Cc1ccccc1[C@@H]1[C@H]2CN(Cc3ccnn3C)C[C@H]2CN1C(=O)C1CCOCC1. The van der Waals surface area contributed by atoms with Crippen LogP contribution in [0.25, 0.3) is 0 Å². The first-order valence-electron chi connectivity index (χ1n) is 11.2. The van der Waals surface area contributed by atoms with Gasteiger partial charge in [-0.1, -0.05) is 24.3 Å². The zero-order chi connectivity index (χ0) is 20.7. The second-order valence-corrected chi connectivity index (χ2v) is 9.24. The van der Waals surface area contributed by atoms with Crippen LogP contribution in [-0.4, -0.2) is 58.3 Å². The molecule has 160 valence electrons. The third-order valence-corrected chi connectivity index (χ3v) is 7.41. The Morgan fingerprint density at radius 3 is 2.67 bits per heavy atom. The van der Waals surface area contributed by atoms with E-state index in [0.29, 0.717) is 31.0 Å².